The van der Waals surface area contributed by atoms with Gasteiger partial charge in [0.05, 0.1) is 17.9 Å². The van der Waals surface area contributed by atoms with Crippen molar-refractivity contribution in [1.29, 1.82) is 0 Å². The molecule has 0 aromatic heterocycles. The van der Waals surface area contributed by atoms with Crippen LogP contribution < -0.4 is 5.32 Å². The zero-order chi connectivity index (χ0) is 39.6. The van der Waals surface area contributed by atoms with Gasteiger partial charge in [-0.3, -0.25) is 9.35 Å². The van der Waals surface area contributed by atoms with Gasteiger partial charge in [0.15, 0.2) is 0 Å². The number of hydrogen-bond donors (Lipinski definition) is 3. The minimum Gasteiger partial charge on any atom is -0.391 e. The van der Waals surface area contributed by atoms with Gasteiger partial charge in [-0.2, -0.15) is 8.42 Å². The summed E-state index contributed by atoms with van der Waals surface area (Å²) in [4.78, 5) is 12.6. The molecule has 0 heterocycles. The summed E-state index contributed by atoms with van der Waals surface area (Å²) in [7, 11) is -4.33. The number of allylic oxidation sites excluding steroid dienone is 10. The second-order valence-electron chi connectivity index (χ2n) is 15.3. The van der Waals surface area contributed by atoms with Crippen LogP contribution in [-0.4, -0.2) is 41.9 Å². The minimum absolute atomic E-state index is 0.277. The Morgan fingerprint density at radius 1 is 0.519 bits per heavy atom. The third-order valence-electron chi connectivity index (χ3n) is 9.99. The fraction of sp³-hybridized carbons (Fsp3) is 0.766. The van der Waals surface area contributed by atoms with Crippen molar-refractivity contribution in [2.75, 3.05) is 5.75 Å². The first-order valence-corrected chi connectivity index (χ1v) is 24.1. The lowest BCUT2D eigenvalue weighted by molar-refractivity contribution is -0.122. The predicted molar refractivity (Wildman–Crippen MR) is 235 cm³/mol. The van der Waals surface area contributed by atoms with Crippen LogP contribution in [0.25, 0.3) is 0 Å². The highest BCUT2D eigenvalue weighted by Crippen LogP contribution is 2.16. The molecule has 3 N–H and O–H groups in total. The molecule has 314 valence electrons. The minimum atomic E-state index is -4.33. The molecule has 1 amide bonds. The zero-order valence-electron chi connectivity index (χ0n) is 35.1. The number of amides is 1. The maximum absolute atomic E-state index is 12.6. The van der Waals surface area contributed by atoms with Gasteiger partial charge < -0.3 is 10.4 Å². The van der Waals surface area contributed by atoms with Crippen molar-refractivity contribution >= 4 is 16.0 Å². The number of aliphatic hydroxyl groups is 1. The third kappa shape index (κ3) is 41.2. The lowest BCUT2D eigenvalue weighted by Gasteiger charge is -2.23. The summed E-state index contributed by atoms with van der Waals surface area (Å²) in [6.07, 6.45) is 56.0. The van der Waals surface area contributed by atoms with Gasteiger partial charge >= 0.3 is 0 Å². The summed E-state index contributed by atoms with van der Waals surface area (Å²) in [6.45, 7) is 4.42. The maximum atomic E-state index is 12.6. The Morgan fingerprint density at radius 3 is 1.30 bits per heavy atom. The van der Waals surface area contributed by atoms with Crippen LogP contribution in [0.2, 0.25) is 0 Å². The van der Waals surface area contributed by atoms with Crippen LogP contribution >= 0.6 is 0 Å². The average molecular weight is 776 g/mol. The van der Waals surface area contributed by atoms with E-state index in [0.717, 1.165) is 70.6 Å². The lowest BCUT2D eigenvalue weighted by Crippen LogP contribution is -2.47. The lowest BCUT2D eigenvalue weighted by atomic mass is 10.0. The molecule has 6 nitrogen and oxygen atoms in total. The molecule has 0 radical (unpaired) electrons. The molecule has 54 heavy (non-hydrogen) atoms. The monoisotopic (exact) mass is 776 g/mol. The van der Waals surface area contributed by atoms with E-state index in [4.69, 9.17) is 0 Å². The van der Waals surface area contributed by atoms with E-state index in [1.165, 1.54) is 109 Å². The van der Waals surface area contributed by atoms with Crippen molar-refractivity contribution in [3.63, 3.8) is 0 Å². The second kappa shape index (κ2) is 40.7. The van der Waals surface area contributed by atoms with Crippen LogP contribution in [0, 0.1) is 0 Å². The van der Waals surface area contributed by atoms with Crippen LogP contribution in [0.15, 0.2) is 60.8 Å². The molecular weight excluding hydrogens is 691 g/mol. The fourth-order valence-corrected chi connectivity index (χ4v) is 7.42. The Hall–Kier alpha value is -1.96. The van der Waals surface area contributed by atoms with E-state index in [0.29, 0.717) is 12.8 Å². The molecule has 2 unspecified atom stereocenters. The van der Waals surface area contributed by atoms with Crippen LogP contribution in [0.5, 0.6) is 0 Å². The standard InChI is InChI=1S/C47H85NO5S/c1-3-5-7-9-11-13-15-17-19-21-23-25-26-28-30-32-34-36-38-40-42-46(49)45(44-54(51,52)53)48-47(50)43-41-39-37-35-33-31-29-27-24-22-20-18-16-14-12-10-8-6-4-2/h6,8,12,14,18,20,24,27,31,33,45-46,49H,3-5,7,9-11,13,15-17,19,21-23,25-26,28-30,32,34-44H2,1-2H3,(H,48,50)(H,51,52,53)/b8-6-,14-12-,20-18-,27-24-,33-31-. The third-order valence-corrected chi connectivity index (χ3v) is 10.8. The molecule has 0 rings (SSSR count). The van der Waals surface area contributed by atoms with E-state index < -0.39 is 28.0 Å². The van der Waals surface area contributed by atoms with Gasteiger partial charge in [-0.15, -0.1) is 0 Å². The summed E-state index contributed by atoms with van der Waals surface area (Å²) in [5, 5.41) is 13.4. The molecule has 0 aliphatic carbocycles. The zero-order valence-corrected chi connectivity index (χ0v) is 35.9. The number of carbonyl (C=O) groups is 1. The van der Waals surface area contributed by atoms with Gasteiger partial charge in [-0.05, 0) is 57.8 Å². The Bertz CT molecular complexity index is 1080. The molecule has 0 saturated heterocycles. The second-order valence-corrected chi connectivity index (χ2v) is 16.8. The van der Waals surface area contributed by atoms with Crippen molar-refractivity contribution in [2.24, 2.45) is 0 Å². The average Bonchev–Trinajstić information content (AvgIpc) is 3.14. The highest BCUT2D eigenvalue weighted by molar-refractivity contribution is 7.85. The number of aliphatic hydroxyl groups excluding tert-OH is 1. The first-order valence-electron chi connectivity index (χ1n) is 22.5. The van der Waals surface area contributed by atoms with Gasteiger partial charge in [0.25, 0.3) is 10.1 Å². The van der Waals surface area contributed by atoms with Crippen LogP contribution in [0.4, 0.5) is 0 Å². The van der Waals surface area contributed by atoms with Crippen molar-refractivity contribution in [3.05, 3.63) is 60.8 Å². The van der Waals surface area contributed by atoms with Gasteiger partial charge in [0.1, 0.15) is 0 Å². The van der Waals surface area contributed by atoms with Crippen LogP contribution in [-0.2, 0) is 14.9 Å². The molecule has 0 saturated carbocycles. The smallest absolute Gasteiger partial charge is 0.266 e. The van der Waals surface area contributed by atoms with Crippen molar-refractivity contribution in [3.8, 4) is 0 Å². The summed E-state index contributed by atoms with van der Waals surface area (Å²) < 4.78 is 32.6. The van der Waals surface area contributed by atoms with Crippen LogP contribution in [0.1, 0.15) is 213 Å². The van der Waals surface area contributed by atoms with Gasteiger partial charge in [0, 0.05) is 6.42 Å². The molecular formula is C47H85NO5S. The molecule has 7 heteroatoms. The Labute approximate surface area is 334 Å². The molecule has 0 aliphatic rings. The number of nitrogens with one attached hydrogen (secondary N) is 1. The van der Waals surface area contributed by atoms with Crippen molar-refractivity contribution in [1.82, 2.24) is 5.32 Å². The van der Waals surface area contributed by atoms with E-state index >= 15 is 0 Å². The molecule has 2 atom stereocenters. The number of unbranched alkanes of at least 4 members (excludes halogenated alkanes) is 22. The molecule has 0 aromatic rings. The molecule has 0 aromatic carbocycles. The van der Waals surface area contributed by atoms with E-state index in [9.17, 15) is 22.9 Å². The van der Waals surface area contributed by atoms with Gasteiger partial charge in [0.2, 0.25) is 5.91 Å². The highest BCUT2D eigenvalue weighted by atomic mass is 32.2. The molecule has 0 aliphatic heterocycles. The van der Waals surface area contributed by atoms with Gasteiger partial charge in [-0.1, -0.05) is 209 Å². The topological polar surface area (TPSA) is 104 Å². The summed E-state index contributed by atoms with van der Waals surface area (Å²) in [5.74, 6) is -0.940. The molecule has 0 spiro atoms. The van der Waals surface area contributed by atoms with E-state index in [2.05, 4.69) is 79.9 Å². The quantitative estimate of drug-likeness (QED) is 0.0327. The van der Waals surface area contributed by atoms with Gasteiger partial charge in [-0.25, -0.2) is 0 Å². The molecule has 0 bridgehead atoms. The SMILES string of the molecule is CC/C=C\C/C=C\C/C=C\C/C=C\C/C=C\CCCCCC(=O)NC(CS(=O)(=O)O)C(O)CCCCCCCCCCCCCCCCCCCCCC. The summed E-state index contributed by atoms with van der Waals surface area (Å²) in [5.41, 5.74) is 0. The van der Waals surface area contributed by atoms with E-state index in [1.807, 2.05) is 0 Å². The maximum Gasteiger partial charge on any atom is 0.266 e. The summed E-state index contributed by atoms with van der Waals surface area (Å²) in [6, 6.07) is -0.992. The first-order chi connectivity index (χ1) is 26.3. The Kier molecular flexibility index (Phi) is 39.2. The van der Waals surface area contributed by atoms with Crippen LogP contribution in [0.3, 0.4) is 0 Å². The van der Waals surface area contributed by atoms with Crippen molar-refractivity contribution in [2.45, 2.75) is 225 Å². The first kappa shape index (κ1) is 52.0. The fourth-order valence-electron chi connectivity index (χ4n) is 6.66. The number of carbonyl (C=O) groups excluding carboxylic acids is 1. The largest absolute Gasteiger partial charge is 0.391 e. The van der Waals surface area contributed by atoms with E-state index in [-0.39, 0.29) is 12.3 Å². The number of rotatable bonds is 40. The predicted octanol–water partition coefficient (Wildman–Crippen LogP) is 13.6. The Balaban J connectivity index is 3.89. The highest BCUT2D eigenvalue weighted by Gasteiger charge is 2.26. The van der Waals surface area contributed by atoms with E-state index in [1.54, 1.807) is 0 Å². The Morgan fingerprint density at radius 2 is 0.889 bits per heavy atom. The summed E-state index contributed by atoms with van der Waals surface area (Å²) >= 11 is 0. The van der Waals surface area contributed by atoms with Crippen molar-refractivity contribution < 1.29 is 22.9 Å². The molecule has 0 fully saturated rings. The normalized spacial score (nSPS) is 13.8. The number of hydrogen-bond acceptors (Lipinski definition) is 4.